The zero-order valence-electron chi connectivity index (χ0n) is 11.7. The molecule has 0 radical (unpaired) electrons. The molecular formula is C15H18BrFN2S. The lowest BCUT2D eigenvalue weighted by Crippen LogP contribution is -2.13. The molecule has 1 aromatic carbocycles. The van der Waals surface area contributed by atoms with Crippen LogP contribution in [-0.4, -0.2) is 11.5 Å². The monoisotopic (exact) mass is 356 g/mol. The lowest BCUT2D eigenvalue weighted by atomic mass is 10.2. The molecule has 0 fully saturated rings. The van der Waals surface area contributed by atoms with Gasteiger partial charge in [0.05, 0.1) is 11.3 Å². The normalized spacial score (nSPS) is 11.0. The quantitative estimate of drug-likeness (QED) is 0.753. The van der Waals surface area contributed by atoms with Crippen LogP contribution in [0.5, 0.6) is 0 Å². The largest absolute Gasteiger partial charge is 0.312 e. The van der Waals surface area contributed by atoms with Crippen molar-refractivity contribution in [1.82, 2.24) is 10.3 Å². The number of hydrogen-bond acceptors (Lipinski definition) is 3. The van der Waals surface area contributed by atoms with Crippen molar-refractivity contribution < 1.29 is 4.39 Å². The summed E-state index contributed by atoms with van der Waals surface area (Å²) >= 11 is 4.99. The fourth-order valence-corrected chi connectivity index (χ4v) is 3.83. The van der Waals surface area contributed by atoms with Crippen LogP contribution in [0, 0.1) is 5.82 Å². The lowest BCUT2D eigenvalue weighted by molar-refractivity contribution is 0.630. The minimum atomic E-state index is -0.233. The summed E-state index contributed by atoms with van der Waals surface area (Å²) in [5, 5.41) is 4.14. The fourth-order valence-electron chi connectivity index (χ4n) is 1.99. The van der Waals surface area contributed by atoms with Crippen molar-refractivity contribution in [2.24, 2.45) is 0 Å². The van der Waals surface area contributed by atoms with Gasteiger partial charge in [-0.2, -0.15) is 0 Å². The van der Waals surface area contributed by atoms with Crippen LogP contribution in [0.1, 0.15) is 30.8 Å². The Morgan fingerprint density at radius 3 is 2.80 bits per heavy atom. The van der Waals surface area contributed by atoms with Gasteiger partial charge in [-0.1, -0.05) is 19.9 Å². The Labute approximate surface area is 131 Å². The first-order valence-electron chi connectivity index (χ1n) is 6.81. The molecule has 0 aliphatic heterocycles. The average Bonchev–Trinajstić information content (AvgIpc) is 2.82. The predicted molar refractivity (Wildman–Crippen MR) is 86.6 cm³/mol. The molecule has 0 unspecified atom stereocenters. The number of benzene rings is 1. The second kappa shape index (κ2) is 7.29. The molecule has 5 heteroatoms. The van der Waals surface area contributed by atoms with Crippen LogP contribution >= 0.6 is 27.3 Å². The highest BCUT2D eigenvalue weighted by Crippen LogP contribution is 2.35. The molecule has 0 saturated carbocycles. The number of aryl methyl sites for hydroxylation is 1. The van der Waals surface area contributed by atoms with Crippen molar-refractivity contribution in [2.45, 2.75) is 33.2 Å². The molecule has 1 heterocycles. The number of nitrogens with zero attached hydrogens (tertiary/aromatic N) is 1. The Hall–Kier alpha value is -0.780. The molecule has 0 spiro atoms. The molecule has 0 saturated heterocycles. The Balaban J connectivity index is 2.33. The van der Waals surface area contributed by atoms with Gasteiger partial charge in [0.2, 0.25) is 0 Å². The molecule has 0 aliphatic rings. The summed E-state index contributed by atoms with van der Waals surface area (Å²) in [7, 11) is 0. The van der Waals surface area contributed by atoms with Gasteiger partial charge in [0.25, 0.3) is 0 Å². The molecule has 2 rings (SSSR count). The standard InChI is InChI=1S/C15H18BrFN2S/c1-3-8-18-9-13-12(4-2)19-15(20-13)14-10(16)6-5-7-11(14)17/h5-7,18H,3-4,8-9H2,1-2H3. The summed E-state index contributed by atoms with van der Waals surface area (Å²) in [6.45, 7) is 6.02. The van der Waals surface area contributed by atoms with E-state index in [1.807, 2.05) is 6.07 Å². The molecule has 2 aromatic rings. The molecule has 2 nitrogen and oxygen atoms in total. The van der Waals surface area contributed by atoms with Crippen LogP contribution in [0.4, 0.5) is 4.39 Å². The van der Waals surface area contributed by atoms with E-state index in [0.29, 0.717) is 5.56 Å². The highest BCUT2D eigenvalue weighted by molar-refractivity contribution is 9.10. The summed E-state index contributed by atoms with van der Waals surface area (Å²) in [4.78, 5) is 5.81. The molecule has 1 N–H and O–H groups in total. The maximum Gasteiger partial charge on any atom is 0.134 e. The van der Waals surface area contributed by atoms with E-state index >= 15 is 0 Å². The number of aromatic nitrogens is 1. The van der Waals surface area contributed by atoms with Gasteiger partial charge >= 0.3 is 0 Å². The third-order valence-electron chi connectivity index (χ3n) is 3.00. The molecule has 0 bridgehead atoms. The SMILES string of the molecule is CCCNCc1sc(-c2c(F)cccc2Br)nc1CC. The van der Waals surface area contributed by atoms with Gasteiger partial charge < -0.3 is 5.32 Å². The highest BCUT2D eigenvalue weighted by Gasteiger charge is 2.16. The molecule has 108 valence electrons. The van der Waals surface area contributed by atoms with Crippen LogP contribution < -0.4 is 5.32 Å². The number of rotatable bonds is 6. The van der Waals surface area contributed by atoms with Crippen LogP contribution in [0.15, 0.2) is 22.7 Å². The predicted octanol–water partition coefficient (Wildman–Crippen LogP) is 4.77. The van der Waals surface area contributed by atoms with Crippen molar-refractivity contribution >= 4 is 27.3 Å². The summed E-state index contributed by atoms with van der Waals surface area (Å²) < 4.78 is 14.8. The highest BCUT2D eigenvalue weighted by atomic mass is 79.9. The minimum Gasteiger partial charge on any atom is -0.312 e. The van der Waals surface area contributed by atoms with Crippen molar-refractivity contribution in [2.75, 3.05) is 6.54 Å². The molecule has 20 heavy (non-hydrogen) atoms. The van der Waals surface area contributed by atoms with Crippen LogP contribution in [0.25, 0.3) is 10.6 Å². The van der Waals surface area contributed by atoms with Gasteiger partial charge in [-0.25, -0.2) is 9.37 Å². The summed E-state index contributed by atoms with van der Waals surface area (Å²) in [6.07, 6.45) is 1.97. The van der Waals surface area contributed by atoms with E-state index < -0.39 is 0 Å². The van der Waals surface area contributed by atoms with Gasteiger partial charge in [0.15, 0.2) is 0 Å². The number of hydrogen-bond donors (Lipinski definition) is 1. The van der Waals surface area contributed by atoms with E-state index in [4.69, 9.17) is 0 Å². The smallest absolute Gasteiger partial charge is 0.134 e. The Morgan fingerprint density at radius 1 is 1.35 bits per heavy atom. The van der Waals surface area contributed by atoms with E-state index in [9.17, 15) is 4.39 Å². The zero-order valence-corrected chi connectivity index (χ0v) is 14.1. The van der Waals surface area contributed by atoms with E-state index in [-0.39, 0.29) is 5.82 Å². The summed E-state index contributed by atoms with van der Waals surface area (Å²) in [5.74, 6) is -0.233. The van der Waals surface area contributed by atoms with E-state index in [1.165, 1.54) is 10.9 Å². The van der Waals surface area contributed by atoms with Crippen LogP contribution in [-0.2, 0) is 13.0 Å². The van der Waals surface area contributed by atoms with Gasteiger partial charge in [0, 0.05) is 15.9 Å². The van der Waals surface area contributed by atoms with Gasteiger partial charge in [0.1, 0.15) is 10.8 Å². The molecule has 0 atom stereocenters. The average molecular weight is 357 g/mol. The van der Waals surface area contributed by atoms with Crippen molar-refractivity contribution in [3.8, 4) is 10.6 Å². The Kier molecular flexibility index (Phi) is 5.69. The van der Waals surface area contributed by atoms with Crippen LogP contribution in [0.3, 0.4) is 0 Å². The van der Waals surface area contributed by atoms with Crippen molar-refractivity contribution in [1.29, 1.82) is 0 Å². The van der Waals surface area contributed by atoms with Crippen molar-refractivity contribution in [3.05, 3.63) is 39.1 Å². The second-order valence-electron chi connectivity index (χ2n) is 4.52. The van der Waals surface area contributed by atoms with Gasteiger partial charge in [-0.05, 0) is 47.4 Å². The Bertz CT molecular complexity index is 563. The summed E-state index contributed by atoms with van der Waals surface area (Å²) in [6, 6.07) is 5.02. The Morgan fingerprint density at radius 2 is 2.15 bits per heavy atom. The third-order valence-corrected chi connectivity index (χ3v) is 4.78. The van der Waals surface area contributed by atoms with E-state index in [1.54, 1.807) is 17.4 Å². The fraction of sp³-hybridized carbons (Fsp3) is 0.400. The maximum atomic E-state index is 14.0. The first-order valence-corrected chi connectivity index (χ1v) is 8.42. The third kappa shape index (κ3) is 3.45. The topological polar surface area (TPSA) is 24.9 Å². The maximum absolute atomic E-state index is 14.0. The molecule has 1 aromatic heterocycles. The summed E-state index contributed by atoms with van der Waals surface area (Å²) in [5.41, 5.74) is 1.62. The lowest BCUT2D eigenvalue weighted by Gasteiger charge is -2.02. The number of thiazole rings is 1. The molecule has 0 amide bonds. The first kappa shape index (κ1) is 15.6. The number of nitrogens with one attached hydrogen (secondary N) is 1. The second-order valence-corrected chi connectivity index (χ2v) is 6.45. The van der Waals surface area contributed by atoms with Crippen LogP contribution in [0.2, 0.25) is 0 Å². The van der Waals surface area contributed by atoms with E-state index in [0.717, 1.165) is 41.1 Å². The molecular weight excluding hydrogens is 339 g/mol. The van der Waals surface area contributed by atoms with Gasteiger partial charge in [-0.3, -0.25) is 0 Å². The molecule has 0 aliphatic carbocycles. The number of halogens is 2. The zero-order chi connectivity index (χ0) is 14.5. The van der Waals surface area contributed by atoms with E-state index in [2.05, 4.69) is 40.1 Å². The van der Waals surface area contributed by atoms with Gasteiger partial charge in [-0.15, -0.1) is 11.3 Å². The van der Waals surface area contributed by atoms with Crippen molar-refractivity contribution in [3.63, 3.8) is 0 Å². The minimum absolute atomic E-state index is 0.233. The first-order chi connectivity index (χ1) is 9.67.